The number of nitrogens with two attached hydrogens (primary N) is 1. The predicted molar refractivity (Wildman–Crippen MR) is 66.2 cm³/mol. The molecule has 18 heavy (non-hydrogen) atoms. The van der Waals surface area contributed by atoms with Gasteiger partial charge in [-0.2, -0.15) is 0 Å². The number of carbonyl (C=O) groups excluding carboxylic acids is 1. The molecule has 1 aliphatic heterocycles. The molecule has 4 N–H and O–H groups in total. The minimum atomic E-state index is -0.202. The van der Waals surface area contributed by atoms with E-state index in [2.05, 4.69) is 5.32 Å². The van der Waals surface area contributed by atoms with Crippen LogP contribution in [0.1, 0.15) is 24.4 Å². The fourth-order valence-electron chi connectivity index (χ4n) is 2.38. The van der Waals surface area contributed by atoms with Gasteiger partial charge in [-0.3, -0.25) is 4.79 Å². The smallest absolute Gasteiger partial charge is 0.262 e. The molecule has 96 valence electrons. The van der Waals surface area contributed by atoms with Gasteiger partial charge in [-0.05, 0) is 30.5 Å². The topological polar surface area (TPSA) is 84.6 Å². The number of fused-ring (bicyclic) bond motifs is 1. The van der Waals surface area contributed by atoms with E-state index in [1.54, 1.807) is 0 Å². The number of ether oxygens (including phenoxy) is 1. The van der Waals surface area contributed by atoms with Gasteiger partial charge >= 0.3 is 0 Å². The Bertz CT molecular complexity index is 497. The molecule has 5 nitrogen and oxygen atoms in total. The Labute approximate surface area is 105 Å². The second kappa shape index (κ2) is 3.96. The van der Waals surface area contributed by atoms with E-state index in [0.717, 1.165) is 18.4 Å². The molecular weight excluding hydrogens is 232 g/mol. The van der Waals surface area contributed by atoms with Crippen molar-refractivity contribution in [1.82, 2.24) is 0 Å². The van der Waals surface area contributed by atoms with E-state index in [1.165, 1.54) is 0 Å². The first-order chi connectivity index (χ1) is 8.64. The number of aliphatic hydroxyl groups excluding tert-OH is 1. The summed E-state index contributed by atoms with van der Waals surface area (Å²) in [6.07, 6.45) is 1.90. The van der Waals surface area contributed by atoms with Gasteiger partial charge in [0.15, 0.2) is 6.61 Å². The normalized spacial score (nSPS) is 21.6. The summed E-state index contributed by atoms with van der Waals surface area (Å²) in [4.78, 5) is 11.3. The van der Waals surface area contributed by atoms with E-state index < -0.39 is 0 Å². The van der Waals surface area contributed by atoms with E-state index in [1.807, 2.05) is 18.2 Å². The van der Waals surface area contributed by atoms with Gasteiger partial charge in [0.25, 0.3) is 5.91 Å². The Morgan fingerprint density at radius 3 is 2.94 bits per heavy atom. The van der Waals surface area contributed by atoms with Gasteiger partial charge in [0.2, 0.25) is 0 Å². The fourth-order valence-corrected chi connectivity index (χ4v) is 2.38. The Balaban J connectivity index is 1.90. The van der Waals surface area contributed by atoms with Crippen molar-refractivity contribution in [3.63, 3.8) is 0 Å². The highest BCUT2D eigenvalue weighted by Crippen LogP contribution is 2.53. The number of amides is 1. The van der Waals surface area contributed by atoms with Crippen molar-refractivity contribution >= 4 is 11.6 Å². The average molecular weight is 248 g/mol. The van der Waals surface area contributed by atoms with Crippen LogP contribution >= 0.6 is 0 Å². The van der Waals surface area contributed by atoms with Crippen LogP contribution in [0.5, 0.6) is 5.75 Å². The zero-order chi connectivity index (χ0) is 12.8. The largest absolute Gasteiger partial charge is 0.482 e. The van der Waals surface area contributed by atoms with E-state index in [9.17, 15) is 9.90 Å². The van der Waals surface area contributed by atoms with Crippen molar-refractivity contribution in [1.29, 1.82) is 0 Å². The first-order valence-electron chi connectivity index (χ1n) is 6.08. The molecule has 5 heteroatoms. The lowest BCUT2D eigenvalue weighted by Crippen LogP contribution is -2.28. The van der Waals surface area contributed by atoms with Crippen LogP contribution in [0.25, 0.3) is 0 Å². The molecule has 1 aromatic rings. The van der Waals surface area contributed by atoms with Crippen LogP contribution in [-0.2, 0) is 4.79 Å². The van der Waals surface area contributed by atoms with Crippen molar-refractivity contribution in [2.45, 2.75) is 18.9 Å². The molecule has 1 aromatic carbocycles. The lowest BCUT2D eigenvalue weighted by atomic mass is 9.91. The Hall–Kier alpha value is -1.59. The van der Waals surface area contributed by atoms with Gasteiger partial charge < -0.3 is 20.9 Å². The lowest BCUT2D eigenvalue weighted by molar-refractivity contribution is -0.118. The quantitative estimate of drug-likeness (QED) is 0.738. The number of benzene rings is 1. The third-order valence-electron chi connectivity index (χ3n) is 3.86. The first kappa shape index (κ1) is 11.5. The molecule has 1 aliphatic carbocycles. The summed E-state index contributed by atoms with van der Waals surface area (Å²) in [6.45, 7) is 0.160. The molecule has 1 unspecified atom stereocenters. The van der Waals surface area contributed by atoms with Crippen LogP contribution in [0.15, 0.2) is 18.2 Å². The van der Waals surface area contributed by atoms with E-state index >= 15 is 0 Å². The second-order valence-electron chi connectivity index (χ2n) is 5.09. The zero-order valence-electron chi connectivity index (χ0n) is 9.98. The second-order valence-corrected chi connectivity index (χ2v) is 5.09. The summed E-state index contributed by atoms with van der Waals surface area (Å²) in [5, 5.41) is 12.2. The molecule has 0 saturated heterocycles. The molecule has 0 bridgehead atoms. The van der Waals surface area contributed by atoms with Gasteiger partial charge in [0, 0.05) is 11.5 Å². The Morgan fingerprint density at radius 1 is 1.50 bits per heavy atom. The molecule has 0 aromatic heterocycles. The van der Waals surface area contributed by atoms with Gasteiger partial charge in [0.1, 0.15) is 5.75 Å². The summed E-state index contributed by atoms with van der Waals surface area (Å²) in [7, 11) is 0. The van der Waals surface area contributed by atoms with Crippen LogP contribution in [0.4, 0.5) is 5.69 Å². The third kappa shape index (κ3) is 1.76. The van der Waals surface area contributed by atoms with Crippen LogP contribution in [0, 0.1) is 5.41 Å². The average Bonchev–Trinajstić information content (AvgIpc) is 3.18. The molecular formula is C13H16N2O3. The summed E-state index contributed by atoms with van der Waals surface area (Å²) >= 11 is 0. The van der Waals surface area contributed by atoms with Gasteiger partial charge in [-0.15, -0.1) is 0 Å². The maximum absolute atomic E-state index is 11.3. The van der Waals surface area contributed by atoms with Crippen molar-refractivity contribution in [3.05, 3.63) is 23.8 Å². The molecule has 1 heterocycles. The number of nitrogens with one attached hydrogen (secondary N) is 1. The Kier molecular flexibility index (Phi) is 2.53. The number of aliphatic hydroxyl groups is 1. The standard InChI is InChI=1S/C13H16N2O3/c14-12(13(7-16)3-4-13)8-1-2-10-9(5-8)15-11(17)6-18-10/h1-2,5,12,16H,3-4,6-7,14H2,(H,15,17). The van der Waals surface area contributed by atoms with Crippen molar-refractivity contribution in [3.8, 4) is 5.75 Å². The lowest BCUT2D eigenvalue weighted by Gasteiger charge is -2.24. The molecule has 1 saturated carbocycles. The molecule has 2 aliphatic rings. The monoisotopic (exact) mass is 248 g/mol. The predicted octanol–water partition coefficient (Wildman–Crippen LogP) is 0.790. The maximum atomic E-state index is 11.3. The number of carbonyl (C=O) groups is 1. The van der Waals surface area contributed by atoms with Crippen LogP contribution in [0.3, 0.4) is 0 Å². The van der Waals surface area contributed by atoms with Crippen LogP contribution in [0.2, 0.25) is 0 Å². The fraction of sp³-hybridized carbons (Fsp3) is 0.462. The summed E-state index contributed by atoms with van der Waals surface area (Å²) in [6, 6.07) is 5.35. The van der Waals surface area contributed by atoms with E-state index in [-0.39, 0.29) is 30.6 Å². The van der Waals surface area contributed by atoms with Gasteiger partial charge in [-0.1, -0.05) is 6.07 Å². The number of hydrogen-bond donors (Lipinski definition) is 3. The molecule has 1 atom stereocenters. The molecule has 0 spiro atoms. The van der Waals surface area contributed by atoms with Crippen molar-refractivity contribution < 1.29 is 14.6 Å². The highest BCUT2D eigenvalue weighted by atomic mass is 16.5. The molecule has 0 radical (unpaired) electrons. The van der Waals surface area contributed by atoms with Gasteiger partial charge in [-0.25, -0.2) is 0 Å². The Morgan fingerprint density at radius 2 is 2.28 bits per heavy atom. The molecule has 1 fully saturated rings. The minimum Gasteiger partial charge on any atom is -0.482 e. The van der Waals surface area contributed by atoms with E-state index in [4.69, 9.17) is 10.5 Å². The summed E-state index contributed by atoms with van der Waals surface area (Å²) in [5.41, 5.74) is 7.61. The van der Waals surface area contributed by atoms with Crippen LogP contribution in [-0.4, -0.2) is 24.2 Å². The molecule has 3 rings (SSSR count). The molecule has 1 amide bonds. The minimum absolute atomic E-state index is 0.0545. The van der Waals surface area contributed by atoms with E-state index in [0.29, 0.717) is 11.4 Å². The van der Waals surface area contributed by atoms with Crippen LogP contribution < -0.4 is 15.8 Å². The summed E-state index contributed by atoms with van der Waals surface area (Å²) < 4.78 is 5.30. The first-order valence-corrected chi connectivity index (χ1v) is 6.08. The SMILES string of the molecule is NC(c1ccc2c(c1)NC(=O)CO2)C1(CO)CC1. The third-order valence-corrected chi connectivity index (χ3v) is 3.86. The summed E-state index contributed by atoms with van der Waals surface area (Å²) in [5.74, 6) is 0.510. The van der Waals surface area contributed by atoms with Crippen molar-refractivity contribution in [2.24, 2.45) is 11.1 Å². The number of rotatable bonds is 3. The van der Waals surface area contributed by atoms with Crippen molar-refractivity contribution in [2.75, 3.05) is 18.5 Å². The maximum Gasteiger partial charge on any atom is 0.262 e. The zero-order valence-corrected chi connectivity index (χ0v) is 9.98. The highest BCUT2D eigenvalue weighted by Gasteiger charge is 2.48. The number of anilines is 1. The van der Waals surface area contributed by atoms with Gasteiger partial charge in [0.05, 0.1) is 12.3 Å². The highest BCUT2D eigenvalue weighted by molar-refractivity contribution is 5.95. The number of hydrogen-bond acceptors (Lipinski definition) is 4.